The smallest absolute Gasteiger partial charge is 0.343 e. The van der Waals surface area contributed by atoms with Crippen LogP contribution in [0.4, 0.5) is 13.2 Å². The maximum Gasteiger partial charge on any atom is 0.405 e. The highest BCUT2D eigenvalue weighted by molar-refractivity contribution is 6.31. The van der Waals surface area contributed by atoms with Crippen LogP contribution in [0.15, 0.2) is 30.3 Å². The Morgan fingerprint density at radius 1 is 1.32 bits per heavy atom. The summed E-state index contributed by atoms with van der Waals surface area (Å²) in [4.78, 5) is 11.5. The van der Waals surface area contributed by atoms with E-state index >= 15 is 0 Å². The van der Waals surface area contributed by atoms with Crippen molar-refractivity contribution < 1.29 is 18.0 Å². The quantitative estimate of drug-likeness (QED) is 0.810. The Labute approximate surface area is 148 Å². The molecule has 0 aliphatic rings. The molecule has 1 N–H and O–H groups in total. The summed E-state index contributed by atoms with van der Waals surface area (Å²) >= 11 is 6.15. The van der Waals surface area contributed by atoms with Crippen LogP contribution in [-0.2, 0) is 11.3 Å². The average Bonchev–Trinajstić information content (AvgIpc) is 2.79. The Morgan fingerprint density at radius 2 is 2.00 bits per heavy atom. The molecule has 0 saturated carbocycles. The number of rotatable bonds is 5. The second-order valence-corrected chi connectivity index (χ2v) is 5.91. The minimum atomic E-state index is -4.44. The second-order valence-electron chi connectivity index (χ2n) is 5.50. The van der Waals surface area contributed by atoms with Gasteiger partial charge < -0.3 is 5.32 Å². The van der Waals surface area contributed by atoms with E-state index in [1.165, 1.54) is 6.08 Å². The summed E-state index contributed by atoms with van der Waals surface area (Å²) in [5.41, 5.74) is 3.05. The van der Waals surface area contributed by atoms with Gasteiger partial charge in [0.25, 0.3) is 0 Å². The maximum atomic E-state index is 12.1. The summed E-state index contributed by atoms with van der Waals surface area (Å²) in [6, 6.07) is 7.38. The number of amides is 1. The zero-order chi connectivity index (χ0) is 18.6. The second kappa shape index (κ2) is 7.74. The van der Waals surface area contributed by atoms with Crippen molar-refractivity contribution in [1.82, 2.24) is 15.1 Å². The Kier molecular flexibility index (Phi) is 5.89. The van der Waals surface area contributed by atoms with Gasteiger partial charge in [-0.1, -0.05) is 29.8 Å². The summed E-state index contributed by atoms with van der Waals surface area (Å²) in [7, 11) is 0. The summed E-state index contributed by atoms with van der Waals surface area (Å²) in [5, 5.41) is 6.82. The average molecular weight is 372 g/mol. The summed E-state index contributed by atoms with van der Waals surface area (Å²) in [5.74, 6) is -0.810. The van der Waals surface area contributed by atoms with E-state index in [2.05, 4.69) is 5.10 Å². The van der Waals surface area contributed by atoms with E-state index < -0.39 is 18.6 Å². The van der Waals surface area contributed by atoms with E-state index in [0.29, 0.717) is 22.8 Å². The van der Waals surface area contributed by atoms with Crippen LogP contribution in [0, 0.1) is 13.8 Å². The van der Waals surface area contributed by atoms with Crippen LogP contribution in [0.1, 0.15) is 22.5 Å². The molecule has 4 nitrogen and oxygen atoms in total. The van der Waals surface area contributed by atoms with Gasteiger partial charge in [0.2, 0.25) is 5.91 Å². The number of nitrogens with one attached hydrogen (secondary N) is 1. The highest BCUT2D eigenvalue weighted by Gasteiger charge is 2.27. The fourth-order valence-electron chi connectivity index (χ4n) is 2.30. The normalized spacial score (nSPS) is 11.9. The summed E-state index contributed by atoms with van der Waals surface area (Å²) in [6.45, 7) is 2.69. The number of carbonyl (C=O) groups excluding carboxylic acids is 1. The molecular formula is C17H17ClF3N3O. The first-order valence-corrected chi connectivity index (χ1v) is 7.85. The van der Waals surface area contributed by atoms with Gasteiger partial charge in [-0.05, 0) is 31.6 Å². The topological polar surface area (TPSA) is 46.9 Å². The first kappa shape index (κ1) is 19.1. The number of aryl methyl sites for hydroxylation is 1. The molecule has 1 aromatic carbocycles. The highest BCUT2D eigenvalue weighted by atomic mass is 35.5. The number of hydrogen-bond acceptors (Lipinski definition) is 2. The van der Waals surface area contributed by atoms with Crippen LogP contribution in [0.3, 0.4) is 0 Å². The van der Waals surface area contributed by atoms with Gasteiger partial charge in [-0.25, -0.2) is 0 Å². The first-order valence-electron chi connectivity index (χ1n) is 7.47. The van der Waals surface area contributed by atoms with Crippen molar-refractivity contribution in [1.29, 1.82) is 0 Å². The number of aromatic nitrogens is 2. The first-order chi connectivity index (χ1) is 11.7. The van der Waals surface area contributed by atoms with Gasteiger partial charge in [0.05, 0.1) is 12.2 Å². The van der Waals surface area contributed by atoms with Gasteiger partial charge in [-0.2, -0.15) is 18.3 Å². The van der Waals surface area contributed by atoms with Crippen molar-refractivity contribution in [3.8, 4) is 0 Å². The third kappa shape index (κ3) is 5.35. The Bertz CT molecular complexity index is 797. The van der Waals surface area contributed by atoms with E-state index in [-0.39, 0.29) is 0 Å². The van der Waals surface area contributed by atoms with E-state index in [1.807, 2.05) is 25.1 Å². The highest BCUT2D eigenvalue weighted by Crippen LogP contribution is 2.20. The molecule has 1 amide bonds. The molecule has 0 spiro atoms. The third-order valence-corrected chi connectivity index (χ3v) is 3.95. The molecule has 0 atom stereocenters. The van der Waals surface area contributed by atoms with E-state index in [9.17, 15) is 18.0 Å². The van der Waals surface area contributed by atoms with Gasteiger partial charge in [-0.3, -0.25) is 9.48 Å². The Morgan fingerprint density at radius 3 is 2.64 bits per heavy atom. The molecule has 0 fully saturated rings. The minimum absolute atomic E-state index is 0.459. The molecule has 0 aliphatic heterocycles. The van der Waals surface area contributed by atoms with Crippen molar-refractivity contribution in [2.75, 3.05) is 6.54 Å². The SMILES string of the molecule is Cc1nn(Cc2ccccc2Cl)c(C)c1/C=C/C(=O)NCC(F)(F)F. The van der Waals surface area contributed by atoms with Gasteiger partial charge in [0.15, 0.2) is 0 Å². The molecule has 0 bridgehead atoms. The number of benzene rings is 1. The molecular weight excluding hydrogens is 355 g/mol. The van der Waals surface area contributed by atoms with Crippen molar-refractivity contribution in [3.05, 3.63) is 57.9 Å². The van der Waals surface area contributed by atoms with Gasteiger partial charge in [0.1, 0.15) is 6.54 Å². The number of carbonyl (C=O) groups is 1. The van der Waals surface area contributed by atoms with Crippen LogP contribution in [0.2, 0.25) is 5.02 Å². The molecule has 1 aromatic heterocycles. The number of nitrogens with zero attached hydrogens (tertiary/aromatic N) is 2. The van der Waals surface area contributed by atoms with Crippen molar-refractivity contribution in [2.45, 2.75) is 26.6 Å². The standard InChI is InChI=1S/C17H17ClF3N3O/c1-11-14(7-8-16(25)22-10-17(19,20)21)12(2)24(23-11)9-13-5-3-4-6-15(13)18/h3-8H,9-10H2,1-2H3,(H,22,25)/b8-7+. The Balaban J connectivity index is 2.13. The van der Waals surface area contributed by atoms with Crippen LogP contribution in [0.5, 0.6) is 0 Å². The summed E-state index contributed by atoms with van der Waals surface area (Å²) in [6.07, 6.45) is -1.90. The molecule has 2 rings (SSSR count). The van der Waals surface area contributed by atoms with E-state index in [4.69, 9.17) is 11.6 Å². The molecule has 0 radical (unpaired) electrons. The van der Waals surface area contributed by atoms with Crippen molar-refractivity contribution in [3.63, 3.8) is 0 Å². The Hall–Kier alpha value is -2.28. The predicted octanol–water partition coefficient (Wildman–Crippen LogP) is 3.89. The molecule has 8 heteroatoms. The van der Waals surface area contributed by atoms with Crippen molar-refractivity contribution >= 4 is 23.6 Å². The van der Waals surface area contributed by atoms with Crippen LogP contribution in [-0.4, -0.2) is 28.4 Å². The number of alkyl halides is 3. The molecule has 25 heavy (non-hydrogen) atoms. The number of halogens is 4. The lowest BCUT2D eigenvalue weighted by Crippen LogP contribution is -2.32. The molecule has 1 heterocycles. The lowest BCUT2D eigenvalue weighted by atomic mass is 10.1. The lowest BCUT2D eigenvalue weighted by Gasteiger charge is -2.07. The fourth-order valence-corrected chi connectivity index (χ4v) is 2.49. The predicted molar refractivity (Wildman–Crippen MR) is 90.4 cm³/mol. The molecule has 0 aliphatic carbocycles. The van der Waals surface area contributed by atoms with Gasteiger partial charge in [0, 0.05) is 22.4 Å². The minimum Gasteiger partial charge on any atom is -0.343 e. The maximum absolute atomic E-state index is 12.1. The molecule has 0 saturated heterocycles. The molecule has 0 unspecified atom stereocenters. The molecule has 2 aromatic rings. The molecule has 134 valence electrons. The van der Waals surface area contributed by atoms with E-state index in [1.54, 1.807) is 23.0 Å². The van der Waals surface area contributed by atoms with Crippen LogP contribution < -0.4 is 5.32 Å². The lowest BCUT2D eigenvalue weighted by molar-refractivity contribution is -0.135. The summed E-state index contributed by atoms with van der Waals surface area (Å²) < 4.78 is 38.0. The fraction of sp³-hybridized carbons (Fsp3) is 0.294. The van der Waals surface area contributed by atoms with E-state index in [0.717, 1.165) is 17.3 Å². The van der Waals surface area contributed by atoms with Gasteiger partial charge >= 0.3 is 6.18 Å². The third-order valence-electron chi connectivity index (χ3n) is 3.58. The number of hydrogen-bond donors (Lipinski definition) is 1. The van der Waals surface area contributed by atoms with Crippen molar-refractivity contribution in [2.24, 2.45) is 0 Å². The zero-order valence-electron chi connectivity index (χ0n) is 13.7. The van der Waals surface area contributed by atoms with Gasteiger partial charge in [-0.15, -0.1) is 0 Å². The largest absolute Gasteiger partial charge is 0.405 e. The van der Waals surface area contributed by atoms with Crippen LogP contribution in [0.25, 0.3) is 6.08 Å². The van der Waals surface area contributed by atoms with Crippen LogP contribution >= 0.6 is 11.6 Å². The zero-order valence-corrected chi connectivity index (χ0v) is 14.4. The monoisotopic (exact) mass is 371 g/mol.